The van der Waals surface area contributed by atoms with Crippen LogP contribution < -0.4 is 5.32 Å². The van der Waals surface area contributed by atoms with Gasteiger partial charge in [0.2, 0.25) is 11.8 Å². The van der Waals surface area contributed by atoms with Crippen molar-refractivity contribution in [2.45, 2.75) is 50.6 Å². The predicted octanol–water partition coefficient (Wildman–Crippen LogP) is 2.38. The van der Waals surface area contributed by atoms with Crippen molar-refractivity contribution in [3.8, 4) is 0 Å². The van der Waals surface area contributed by atoms with Gasteiger partial charge >= 0.3 is 0 Å². The summed E-state index contributed by atoms with van der Waals surface area (Å²) >= 11 is 0. The van der Waals surface area contributed by atoms with Crippen LogP contribution in [-0.4, -0.2) is 59.9 Å². The van der Waals surface area contributed by atoms with E-state index in [1.165, 1.54) is 18.9 Å². The lowest BCUT2D eigenvalue weighted by Gasteiger charge is -2.36. The number of fused-ring (bicyclic) bond motifs is 2. The second-order valence-corrected chi connectivity index (χ2v) is 8.21. The van der Waals surface area contributed by atoms with Crippen LogP contribution in [0.15, 0.2) is 24.3 Å². The van der Waals surface area contributed by atoms with Gasteiger partial charge in [-0.05, 0) is 43.2 Å². The first-order chi connectivity index (χ1) is 13.1. The van der Waals surface area contributed by atoms with Crippen molar-refractivity contribution in [3.05, 3.63) is 35.6 Å². The summed E-state index contributed by atoms with van der Waals surface area (Å²) in [5.74, 6) is 0.317. The zero-order valence-electron chi connectivity index (χ0n) is 16.1. The van der Waals surface area contributed by atoms with Crippen LogP contribution in [0.2, 0.25) is 0 Å². The Kier molecular flexibility index (Phi) is 6.94. The third-order valence-corrected chi connectivity index (χ3v) is 6.32. The molecule has 1 N–H and O–H groups in total. The first-order valence-electron chi connectivity index (χ1n) is 10.1. The quantitative estimate of drug-likeness (QED) is 0.830. The van der Waals surface area contributed by atoms with Gasteiger partial charge in [0.15, 0.2) is 0 Å². The number of hydrogen-bond acceptors (Lipinski definition) is 3. The highest BCUT2D eigenvalue weighted by molar-refractivity contribution is 5.85. The molecule has 0 aromatic heterocycles. The van der Waals surface area contributed by atoms with Crippen LogP contribution in [0.25, 0.3) is 0 Å². The molecule has 2 bridgehead atoms. The predicted molar refractivity (Wildman–Crippen MR) is 108 cm³/mol. The van der Waals surface area contributed by atoms with Crippen LogP contribution in [0.3, 0.4) is 0 Å². The van der Waals surface area contributed by atoms with Crippen molar-refractivity contribution in [2.75, 3.05) is 26.2 Å². The number of carbonyl (C=O) groups excluding carboxylic acids is 2. The summed E-state index contributed by atoms with van der Waals surface area (Å²) in [7, 11) is 0. The van der Waals surface area contributed by atoms with Gasteiger partial charge in [0, 0.05) is 44.7 Å². The maximum Gasteiger partial charge on any atom is 0.227 e. The first kappa shape index (κ1) is 21.1. The van der Waals surface area contributed by atoms with E-state index < -0.39 is 0 Å². The van der Waals surface area contributed by atoms with Crippen LogP contribution in [0, 0.1) is 11.7 Å². The molecule has 0 spiro atoms. The molecule has 28 heavy (non-hydrogen) atoms. The molecule has 1 aromatic rings. The normalized spacial score (nSPS) is 26.7. The number of benzene rings is 1. The van der Waals surface area contributed by atoms with Gasteiger partial charge in [-0.25, -0.2) is 4.39 Å². The largest absolute Gasteiger partial charge is 0.339 e. The van der Waals surface area contributed by atoms with E-state index >= 15 is 0 Å². The fourth-order valence-electron chi connectivity index (χ4n) is 4.84. The molecule has 3 aliphatic heterocycles. The Balaban J connectivity index is 0.00000225. The van der Waals surface area contributed by atoms with E-state index in [9.17, 15) is 14.0 Å². The number of hydrogen-bond donors (Lipinski definition) is 1. The molecule has 2 atom stereocenters. The molecular formula is C21H29ClFN3O2. The Morgan fingerprint density at radius 3 is 2.14 bits per heavy atom. The van der Waals surface area contributed by atoms with E-state index in [1.807, 2.05) is 4.90 Å². The van der Waals surface area contributed by atoms with E-state index in [0.29, 0.717) is 56.2 Å². The topological polar surface area (TPSA) is 52.7 Å². The lowest BCUT2D eigenvalue weighted by Crippen LogP contribution is -2.51. The van der Waals surface area contributed by atoms with Gasteiger partial charge < -0.3 is 15.1 Å². The maximum atomic E-state index is 13.7. The highest BCUT2D eigenvalue weighted by Gasteiger charge is 2.35. The fourth-order valence-corrected chi connectivity index (χ4v) is 4.84. The molecule has 3 saturated heterocycles. The maximum absolute atomic E-state index is 13.7. The van der Waals surface area contributed by atoms with Gasteiger partial charge in [-0.15, -0.1) is 12.4 Å². The highest BCUT2D eigenvalue weighted by Crippen LogP contribution is 2.33. The summed E-state index contributed by atoms with van der Waals surface area (Å²) < 4.78 is 13.7. The van der Waals surface area contributed by atoms with Crippen LogP contribution in [0.1, 0.15) is 37.7 Å². The van der Waals surface area contributed by atoms with Crippen LogP contribution >= 0.6 is 12.4 Å². The van der Waals surface area contributed by atoms with Crippen molar-refractivity contribution in [3.63, 3.8) is 0 Å². The lowest BCUT2D eigenvalue weighted by atomic mass is 9.89. The van der Waals surface area contributed by atoms with Gasteiger partial charge in [-0.3, -0.25) is 9.59 Å². The summed E-state index contributed by atoms with van der Waals surface area (Å²) in [5.41, 5.74) is 0.432. The molecule has 2 amide bonds. The first-order valence-corrected chi connectivity index (χ1v) is 10.1. The zero-order chi connectivity index (χ0) is 18.8. The van der Waals surface area contributed by atoms with E-state index in [0.717, 1.165) is 12.8 Å². The van der Waals surface area contributed by atoms with Crippen molar-refractivity contribution < 1.29 is 14.0 Å². The van der Waals surface area contributed by atoms with Gasteiger partial charge in [0.25, 0.3) is 0 Å². The molecule has 5 nitrogen and oxygen atoms in total. The number of halogens is 2. The minimum atomic E-state index is -0.337. The molecule has 3 aliphatic rings. The molecule has 3 heterocycles. The van der Waals surface area contributed by atoms with Crippen LogP contribution in [0.5, 0.6) is 0 Å². The van der Waals surface area contributed by atoms with E-state index in [2.05, 4.69) is 5.32 Å². The SMILES string of the molecule is Cl.O=C(Cc1ccccc1F)N1CCN(C(=O)CC2CC3CCC(C2)N3)CC1. The summed E-state index contributed by atoms with van der Waals surface area (Å²) in [5, 5.41) is 3.62. The van der Waals surface area contributed by atoms with Crippen molar-refractivity contribution in [2.24, 2.45) is 5.92 Å². The molecule has 154 valence electrons. The number of piperazine rings is 1. The van der Waals surface area contributed by atoms with E-state index in [-0.39, 0.29) is 36.5 Å². The summed E-state index contributed by atoms with van der Waals surface area (Å²) in [6.07, 6.45) is 5.44. The third-order valence-electron chi connectivity index (χ3n) is 6.32. The van der Waals surface area contributed by atoms with Crippen LogP contribution in [0.4, 0.5) is 4.39 Å². The highest BCUT2D eigenvalue weighted by atomic mass is 35.5. The standard InChI is InChI=1S/C21H28FN3O2.ClH/c22-19-4-2-1-3-16(19)14-21(27)25-9-7-24(8-10-25)20(26)13-15-11-17-5-6-18(12-15)23-17;/h1-4,15,17-18,23H,5-14H2;1H. The summed E-state index contributed by atoms with van der Waals surface area (Å²) in [6.45, 7) is 2.24. The Morgan fingerprint density at radius 2 is 1.54 bits per heavy atom. The monoisotopic (exact) mass is 409 g/mol. The minimum Gasteiger partial charge on any atom is -0.339 e. The molecule has 7 heteroatoms. The smallest absolute Gasteiger partial charge is 0.227 e. The number of piperidine rings is 1. The third kappa shape index (κ3) is 4.84. The molecular weight excluding hydrogens is 381 g/mol. The van der Waals surface area contributed by atoms with Gasteiger partial charge in [-0.1, -0.05) is 18.2 Å². The van der Waals surface area contributed by atoms with Gasteiger partial charge in [0.1, 0.15) is 5.82 Å². The lowest BCUT2D eigenvalue weighted by molar-refractivity contribution is -0.140. The molecule has 3 fully saturated rings. The van der Waals surface area contributed by atoms with Gasteiger partial charge in [-0.2, -0.15) is 0 Å². The second-order valence-electron chi connectivity index (χ2n) is 8.21. The summed E-state index contributed by atoms with van der Waals surface area (Å²) in [6, 6.07) is 7.62. The van der Waals surface area contributed by atoms with E-state index in [1.54, 1.807) is 23.1 Å². The number of amides is 2. The minimum absolute atomic E-state index is 0. The molecule has 0 radical (unpaired) electrons. The van der Waals surface area contributed by atoms with Crippen molar-refractivity contribution >= 4 is 24.2 Å². The van der Waals surface area contributed by atoms with Crippen LogP contribution in [-0.2, 0) is 16.0 Å². The molecule has 4 rings (SSSR count). The number of nitrogens with zero attached hydrogens (tertiary/aromatic N) is 2. The molecule has 0 saturated carbocycles. The fraction of sp³-hybridized carbons (Fsp3) is 0.619. The van der Waals surface area contributed by atoms with Gasteiger partial charge in [0.05, 0.1) is 6.42 Å². The molecule has 1 aromatic carbocycles. The number of rotatable bonds is 4. The number of nitrogens with one attached hydrogen (secondary N) is 1. The summed E-state index contributed by atoms with van der Waals surface area (Å²) in [4.78, 5) is 28.8. The Hall–Kier alpha value is -1.66. The Labute approximate surface area is 172 Å². The second kappa shape index (κ2) is 9.23. The Morgan fingerprint density at radius 1 is 0.964 bits per heavy atom. The average Bonchev–Trinajstić information content (AvgIpc) is 3.02. The molecule has 2 unspecified atom stereocenters. The Bertz CT molecular complexity index is 697. The van der Waals surface area contributed by atoms with Crippen molar-refractivity contribution in [1.82, 2.24) is 15.1 Å². The zero-order valence-corrected chi connectivity index (χ0v) is 16.9. The average molecular weight is 410 g/mol. The van der Waals surface area contributed by atoms with Crippen molar-refractivity contribution in [1.29, 1.82) is 0 Å². The van der Waals surface area contributed by atoms with E-state index in [4.69, 9.17) is 0 Å². The molecule has 0 aliphatic carbocycles. The number of carbonyl (C=O) groups is 2.